The van der Waals surface area contributed by atoms with Crippen molar-refractivity contribution in [3.8, 4) is 11.3 Å². The zero-order chi connectivity index (χ0) is 14.0. The van der Waals surface area contributed by atoms with Crippen molar-refractivity contribution >= 4 is 0 Å². The Labute approximate surface area is 115 Å². The van der Waals surface area contributed by atoms with E-state index in [4.69, 9.17) is 0 Å². The van der Waals surface area contributed by atoms with E-state index in [1.54, 1.807) is 0 Å². The van der Waals surface area contributed by atoms with Crippen molar-refractivity contribution in [2.24, 2.45) is 0 Å². The lowest BCUT2D eigenvalue weighted by molar-refractivity contribution is 0.754. The highest BCUT2D eigenvalue weighted by atomic mass is 15.0. The van der Waals surface area contributed by atoms with Crippen LogP contribution in [0, 0.1) is 27.7 Å². The highest BCUT2D eigenvalue weighted by molar-refractivity contribution is 5.66. The summed E-state index contributed by atoms with van der Waals surface area (Å²) in [5, 5.41) is 3.10. The SMILES string of the molecule is CNCc1nc(C)cc(-c2ccc(C)c(C)c2C)n1. The molecular formula is C16H21N3. The Kier molecular flexibility index (Phi) is 3.96. The number of benzene rings is 1. The Morgan fingerprint density at radius 3 is 2.42 bits per heavy atom. The fourth-order valence-corrected chi connectivity index (χ4v) is 2.24. The van der Waals surface area contributed by atoms with E-state index in [9.17, 15) is 0 Å². The molecule has 100 valence electrons. The zero-order valence-electron chi connectivity index (χ0n) is 12.3. The van der Waals surface area contributed by atoms with Gasteiger partial charge < -0.3 is 5.32 Å². The normalized spacial score (nSPS) is 10.8. The molecule has 0 aliphatic heterocycles. The molecule has 3 nitrogen and oxygen atoms in total. The van der Waals surface area contributed by atoms with E-state index in [0.29, 0.717) is 6.54 Å². The fourth-order valence-electron chi connectivity index (χ4n) is 2.24. The van der Waals surface area contributed by atoms with Crippen molar-refractivity contribution in [2.75, 3.05) is 7.05 Å². The molecule has 19 heavy (non-hydrogen) atoms. The van der Waals surface area contributed by atoms with Gasteiger partial charge in [0.1, 0.15) is 5.82 Å². The van der Waals surface area contributed by atoms with E-state index in [2.05, 4.69) is 54.3 Å². The van der Waals surface area contributed by atoms with Crippen molar-refractivity contribution in [3.05, 3.63) is 46.4 Å². The van der Waals surface area contributed by atoms with Gasteiger partial charge in [0.25, 0.3) is 0 Å². The minimum atomic E-state index is 0.693. The molecule has 0 fully saturated rings. The second kappa shape index (κ2) is 5.49. The third-order valence-corrected chi connectivity index (χ3v) is 3.57. The average Bonchev–Trinajstić information content (AvgIpc) is 2.36. The first kappa shape index (κ1) is 13.7. The van der Waals surface area contributed by atoms with Crippen LogP contribution >= 0.6 is 0 Å². The van der Waals surface area contributed by atoms with Gasteiger partial charge in [0.15, 0.2) is 0 Å². The van der Waals surface area contributed by atoms with E-state index in [0.717, 1.165) is 17.2 Å². The molecule has 0 amide bonds. The summed E-state index contributed by atoms with van der Waals surface area (Å²) in [6.45, 7) is 9.17. The van der Waals surface area contributed by atoms with E-state index in [1.807, 2.05) is 14.0 Å². The second-order valence-corrected chi connectivity index (χ2v) is 5.02. The minimum Gasteiger partial charge on any atom is -0.313 e. The van der Waals surface area contributed by atoms with Crippen LogP contribution in [0.2, 0.25) is 0 Å². The quantitative estimate of drug-likeness (QED) is 0.915. The second-order valence-electron chi connectivity index (χ2n) is 5.02. The molecule has 2 aromatic rings. The van der Waals surface area contributed by atoms with Crippen LogP contribution in [0.25, 0.3) is 11.3 Å². The first-order valence-corrected chi connectivity index (χ1v) is 6.59. The maximum absolute atomic E-state index is 4.65. The van der Waals surface area contributed by atoms with E-state index in [1.165, 1.54) is 22.3 Å². The Hall–Kier alpha value is -1.74. The summed E-state index contributed by atoms with van der Waals surface area (Å²) in [4.78, 5) is 9.10. The molecule has 0 atom stereocenters. The molecule has 0 spiro atoms. The molecule has 3 heteroatoms. The van der Waals surface area contributed by atoms with Gasteiger partial charge >= 0.3 is 0 Å². The predicted octanol–water partition coefficient (Wildman–Crippen LogP) is 3.10. The van der Waals surface area contributed by atoms with Crippen molar-refractivity contribution in [3.63, 3.8) is 0 Å². The van der Waals surface area contributed by atoms with Crippen LogP contribution in [0.15, 0.2) is 18.2 Å². The summed E-state index contributed by atoms with van der Waals surface area (Å²) in [6, 6.07) is 6.37. The maximum Gasteiger partial charge on any atom is 0.143 e. The number of nitrogens with zero attached hydrogens (tertiary/aromatic N) is 2. The van der Waals surface area contributed by atoms with Gasteiger partial charge in [-0.3, -0.25) is 0 Å². The van der Waals surface area contributed by atoms with Gasteiger partial charge in [-0.05, 0) is 57.5 Å². The van der Waals surface area contributed by atoms with Gasteiger partial charge in [0.2, 0.25) is 0 Å². The predicted molar refractivity (Wildman–Crippen MR) is 79.2 cm³/mol. The summed E-state index contributed by atoms with van der Waals surface area (Å²) < 4.78 is 0. The highest BCUT2D eigenvalue weighted by Crippen LogP contribution is 2.26. The van der Waals surface area contributed by atoms with Crippen molar-refractivity contribution < 1.29 is 0 Å². The van der Waals surface area contributed by atoms with Gasteiger partial charge in [0, 0.05) is 11.3 Å². The molecule has 0 saturated heterocycles. The number of aromatic nitrogens is 2. The highest BCUT2D eigenvalue weighted by Gasteiger charge is 2.09. The fraction of sp³-hybridized carbons (Fsp3) is 0.375. The molecule has 0 aliphatic rings. The summed E-state index contributed by atoms with van der Waals surface area (Å²) in [6.07, 6.45) is 0. The lowest BCUT2D eigenvalue weighted by atomic mass is 9.96. The van der Waals surface area contributed by atoms with E-state index < -0.39 is 0 Å². The zero-order valence-corrected chi connectivity index (χ0v) is 12.3. The maximum atomic E-state index is 4.65. The Balaban J connectivity index is 2.55. The Bertz CT molecular complexity index is 603. The van der Waals surface area contributed by atoms with Gasteiger partial charge in [-0.1, -0.05) is 12.1 Å². The number of aryl methyl sites for hydroxylation is 2. The molecule has 0 saturated carbocycles. The van der Waals surface area contributed by atoms with Crippen LogP contribution in [0.3, 0.4) is 0 Å². The number of hydrogen-bond donors (Lipinski definition) is 1. The van der Waals surface area contributed by atoms with E-state index >= 15 is 0 Å². The molecule has 1 heterocycles. The van der Waals surface area contributed by atoms with Gasteiger partial charge in [0.05, 0.1) is 12.2 Å². The standard InChI is InChI=1S/C16H21N3/c1-10-6-7-14(13(4)12(10)3)15-8-11(2)18-16(19-15)9-17-5/h6-8,17H,9H2,1-5H3. The Morgan fingerprint density at radius 2 is 1.74 bits per heavy atom. The third kappa shape index (κ3) is 2.82. The smallest absolute Gasteiger partial charge is 0.143 e. The summed E-state index contributed by atoms with van der Waals surface area (Å²) in [5.74, 6) is 0.843. The summed E-state index contributed by atoms with van der Waals surface area (Å²) in [7, 11) is 1.91. The number of hydrogen-bond acceptors (Lipinski definition) is 3. The van der Waals surface area contributed by atoms with Crippen molar-refractivity contribution in [1.82, 2.24) is 15.3 Å². The lowest BCUT2D eigenvalue weighted by Gasteiger charge is -2.12. The van der Waals surface area contributed by atoms with Crippen LogP contribution in [0.5, 0.6) is 0 Å². The molecule has 0 bridgehead atoms. The average molecular weight is 255 g/mol. The largest absolute Gasteiger partial charge is 0.313 e. The lowest BCUT2D eigenvalue weighted by Crippen LogP contribution is -2.10. The van der Waals surface area contributed by atoms with E-state index in [-0.39, 0.29) is 0 Å². The van der Waals surface area contributed by atoms with Gasteiger partial charge in [-0.25, -0.2) is 9.97 Å². The molecule has 0 aliphatic carbocycles. The van der Waals surface area contributed by atoms with Crippen LogP contribution in [-0.4, -0.2) is 17.0 Å². The molecule has 1 N–H and O–H groups in total. The molecular weight excluding hydrogens is 234 g/mol. The Morgan fingerprint density at radius 1 is 1.00 bits per heavy atom. The van der Waals surface area contributed by atoms with Gasteiger partial charge in [-0.15, -0.1) is 0 Å². The summed E-state index contributed by atoms with van der Waals surface area (Å²) in [5.41, 5.74) is 7.18. The molecule has 0 unspecified atom stereocenters. The van der Waals surface area contributed by atoms with Crippen LogP contribution in [0.4, 0.5) is 0 Å². The number of rotatable bonds is 3. The molecule has 1 aromatic heterocycles. The molecule has 1 aromatic carbocycles. The van der Waals surface area contributed by atoms with Crippen LogP contribution in [-0.2, 0) is 6.54 Å². The summed E-state index contributed by atoms with van der Waals surface area (Å²) >= 11 is 0. The van der Waals surface area contributed by atoms with Crippen molar-refractivity contribution in [1.29, 1.82) is 0 Å². The molecule has 0 radical (unpaired) electrons. The van der Waals surface area contributed by atoms with Crippen LogP contribution in [0.1, 0.15) is 28.2 Å². The number of nitrogens with one attached hydrogen (secondary N) is 1. The monoisotopic (exact) mass is 255 g/mol. The molecule has 2 rings (SSSR count). The van der Waals surface area contributed by atoms with Crippen LogP contribution < -0.4 is 5.32 Å². The first-order chi connectivity index (χ1) is 9.02. The van der Waals surface area contributed by atoms with Gasteiger partial charge in [-0.2, -0.15) is 0 Å². The minimum absolute atomic E-state index is 0.693. The third-order valence-electron chi connectivity index (χ3n) is 3.57. The topological polar surface area (TPSA) is 37.8 Å². The first-order valence-electron chi connectivity index (χ1n) is 6.59. The van der Waals surface area contributed by atoms with Crippen molar-refractivity contribution in [2.45, 2.75) is 34.2 Å².